The largest absolute Gasteiger partial charge is 0.393 e. The molecule has 0 aromatic rings. The number of carbonyl (C=O) groups is 1. The molecule has 0 saturated carbocycles. The van der Waals surface area contributed by atoms with E-state index in [0.717, 1.165) is 0 Å². The Bertz CT molecular complexity index is 197. The van der Waals surface area contributed by atoms with Gasteiger partial charge in [0.1, 0.15) is 0 Å². The minimum absolute atomic E-state index is 0.0780. The predicted molar refractivity (Wildman–Crippen MR) is 31.6 cm³/mol. The van der Waals surface area contributed by atoms with E-state index in [4.69, 9.17) is 9.66 Å². The number of aliphatic hydroxyl groups is 1. The van der Waals surface area contributed by atoms with Crippen molar-refractivity contribution >= 4 is 16.5 Å². The summed E-state index contributed by atoms with van der Waals surface area (Å²) in [7, 11) is -4.37. The molecule has 0 fully saturated rings. The van der Waals surface area contributed by atoms with E-state index in [1.807, 2.05) is 0 Å². The van der Waals surface area contributed by atoms with Gasteiger partial charge >= 0.3 is 0 Å². The van der Waals surface area contributed by atoms with Gasteiger partial charge in [-0.3, -0.25) is 9.35 Å². The summed E-state index contributed by atoms with van der Waals surface area (Å²) in [5.74, 6) is 0. The van der Waals surface area contributed by atoms with Gasteiger partial charge < -0.3 is 10.4 Å². The van der Waals surface area contributed by atoms with Crippen LogP contribution in [0.3, 0.4) is 0 Å². The number of carbonyl (C=O) groups excluding carboxylic acids is 1. The van der Waals surface area contributed by atoms with Crippen LogP contribution in [0.2, 0.25) is 0 Å². The highest BCUT2D eigenvalue weighted by atomic mass is 32.2. The minimum atomic E-state index is -4.37. The van der Waals surface area contributed by atoms with Crippen LogP contribution < -0.4 is 5.32 Å². The molecule has 3 N–H and O–H groups in total. The SMILES string of the molecule is O=CNC(CO)S(=O)(=O)O. The smallest absolute Gasteiger partial charge is 0.288 e. The van der Waals surface area contributed by atoms with Gasteiger partial charge in [0.05, 0.1) is 6.61 Å². The summed E-state index contributed by atoms with van der Waals surface area (Å²) in [6.07, 6.45) is 0.0780. The molecule has 0 aliphatic heterocycles. The monoisotopic (exact) mass is 169 g/mol. The maximum atomic E-state index is 10.1. The summed E-state index contributed by atoms with van der Waals surface area (Å²) in [5, 5.41) is 8.32. The first-order valence-corrected chi connectivity index (χ1v) is 3.79. The molecule has 1 amide bonds. The Morgan fingerprint density at radius 3 is 2.20 bits per heavy atom. The van der Waals surface area contributed by atoms with E-state index in [1.54, 1.807) is 5.32 Å². The standard InChI is InChI=1S/C3H7NO5S/c5-1-3(4-2-6)10(7,8)9/h2-3,5H,1H2,(H,4,6)(H,7,8,9). The Labute approximate surface area is 57.6 Å². The van der Waals surface area contributed by atoms with Crippen molar-refractivity contribution in [2.24, 2.45) is 0 Å². The molecule has 7 heteroatoms. The lowest BCUT2D eigenvalue weighted by atomic mass is 10.7. The molecule has 0 spiro atoms. The lowest BCUT2D eigenvalue weighted by molar-refractivity contribution is -0.110. The summed E-state index contributed by atoms with van der Waals surface area (Å²) in [4.78, 5) is 9.62. The summed E-state index contributed by atoms with van der Waals surface area (Å²) < 4.78 is 28.5. The third-order valence-electron chi connectivity index (χ3n) is 0.779. The number of amides is 1. The lowest BCUT2D eigenvalue weighted by Crippen LogP contribution is -2.38. The Morgan fingerprint density at radius 2 is 2.10 bits per heavy atom. The predicted octanol–water partition coefficient (Wildman–Crippen LogP) is -2.06. The molecule has 10 heavy (non-hydrogen) atoms. The van der Waals surface area contributed by atoms with Crippen LogP contribution >= 0.6 is 0 Å². The second kappa shape index (κ2) is 3.49. The molecule has 6 nitrogen and oxygen atoms in total. The van der Waals surface area contributed by atoms with Crippen molar-refractivity contribution in [1.82, 2.24) is 5.32 Å². The highest BCUT2D eigenvalue weighted by Crippen LogP contribution is 1.90. The van der Waals surface area contributed by atoms with Crippen LogP contribution in [-0.2, 0) is 14.9 Å². The van der Waals surface area contributed by atoms with Crippen molar-refractivity contribution in [3.63, 3.8) is 0 Å². The molecule has 0 aliphatic carbocycles. The van der Waals surface area contributed by atoms with Crippen LogP contribution in [0.4, 0.5) is 0 Å². The average Bonchev–Trinajstić information content (AvgIpc) is 1.80. The van der Waals surface area contributed by atoms with Crippen molar-refractivity contribution in [1.29, 1.82) is 0 Å². The molecule has 0 aromatic heterocycles. The summed E-state index contributed by atoms with van der Waals surface area (Å²) >= 11 is 0. The molecule has 1 unspecified atom stereocenters. The molecule has 1 atom stereocenters. The second-order valence-electron chi connectivity index (χ2n) is 1.47. The highest BCUT2D eigenvalue weighted by molar-refractivity contribution is 7.86. The Morgan fingerprint density at radius 1 is 1.60 bits per heavy atom. The maximum Gasteiger partial charge on any atom is 0.288 e. The van der Waals surface area contributed by atoms with E-state index < -0.39 is 22.1 Å². The van der Waals surface area contributed by atoms with Crippen LogP contribution in [0.5, 0.6) is 0 Å². The fourth-order valence-corrected chi connectivity index (χ4v) is 0.725. The molecular weight excluding hydrogens is 162 g/mol. The fraction of sp³-hybridized carbons (Fsp3) is 0.667. The van der Waals surface area contributed by atoms with Gasteiger partial charge in [-0.05, 0) is 0 Å². The van der Waals surface area contributed by atoms with Gasteiger partial charge in [0.15, 0.2) is 5.37 Å². The van der Waals surface area contributed by atoms with Crippen LogP contribution in [0, 0.1) is 0 Å². The summed E-state index contributed by atoms with van der Waals surface area (Å²) in [5.41, 5.74) is 0. The molecule has 0 heterocycles. The van der Waals surface area contributed by atoms with E-state index in [-0.39, 0.29) is 6.41 Å². The number of aliphatic hydroxyl groups excluding tert-OH is 1. The molecule has 0 rings (SSSR count). The van der Waals surface area contributed by atoms with Gasteiger partial charge in [-0.1, -0.05) is 0 Å². The van der Waals surface area contributed by atoms with Gasteiger partial charge in [0.2, 0.25) is 6.41 Å². The first-order chi connectivity index (χ1) is 4.52. The van der Waals surface area contributed by atoms with Gasteiger partial charge in [0, 0.05) is 0 Å². The van der Waals surface area contributed by atoms with Gasteiger partial charge in [-0.2, -0.15) is 8.42 Å². The van der Waals surface area contributed by atoms with Crippen LogP contribution in [0.15, 0.2) is 0 Å². The molecule has 0 aliphatic rings. The van der Waals surface area contributed by atoms with Crippen LogP contribution in [0.25, 0.3) is 0 Å². The van der Waals surface area contributed by atoms with E-state index in [1.165, 1.54) is 0 Å². The topological polar surface area (TPSA) is 104 Å². The fourth-order valence-electron chi connectivity index (χ4n) is 0.309. The van der Waals surface area contributed by atoms with Crippen LogP contribution in [-0.4, -0.2) is 36.5 Å². The minimum Gasteiger partial charge on any atom is -0.393 e. The van der Waals surface area contributed by atoms with E-state index in [9.17, 15) is 13.2 Å². The Kier molecular flexibility index (Phi) is 3.26. The van der Waals surface area contributed by atoms with Crippen molar-refractivity contribution in [2.75, 3.05) is 6.61 Å². The molecular formula is C3H7NO5S. The third kappa shape index (κ3) is 2.76. The van der Waals surface area contributed by atoms with E-state index in [0.29, 0.717) is 0 Å². The quantitative estimate of drug-likeness (QED) is 0.331. The van der Waals surface area contributed by atoms with E-state index in [2.05, 4.69) is 0 Å². The number of nitrogens with one attached hydrogen (secondary N) is 1. The van der Waals surface area contributed by atoms with Crippen molar-refractivity contribution in [3.05, 3.63) is 0 Å². The first kappa shape index (κ1) is 9.34. The third-order valence-corrected chi connectivity index (χ3v) is 1.78. The van der Waals surface area contributed by atoms with Crippen molar-refractivity contribution < 1.29 is 22.9 Å². The lowest BCUT2D eigenvalue weighted by Gasteiger charge is -2.07. The zero-order valence-electron chi connectivity index (χ0n) is 4.89. The number of hydrogen-bond acceptors (Lipinski definition) is 4. The van der Waals surface area contributed by atoms with Gasteiger partial charge in [-0.25, -0.2) is 0 Å². The highest BCUT2D eigenvalue weighted by Gasteiger charge is 2.20. The normalized spacial score (nSPS) is 14.2. The van der Waals surface area contributed by atoms with E-state index >= 15 is 0 Å². The number of hydrogen-bond donors (Lipinski definition) is 3. The Hall–Kier alpha value is -0.660. The Balaban J connectivity index is 4.22. The van der Waals surface area contributed by atoms with Gasteiger partial charge in [0.25, 0.3) is 10.1 Å². The summed E-state index contributed by atoms with van der Waals surface area (Å²) in [6, 6.07) is 0. The van der Waals surface area contributed by atoms with Crippen LogP contribution in [0.1, 0.15) is 0 Å². The van der Waals surface area contributed by atoms with Gasteiger partial charge in [-0.15, -0.1) is 0 Å². The molecule has 0 aromatic carbocycles. The first-order valence-electron chi connectivity index (χ1n) is 2.29. The molecule has 0 radical (unpaired) electrons. The molecule has 0 saturated heterocycles. The number of rotatable bonds is 4. The van der Waals surface area contributed by atoms with Crippen molar-refractivity contribution in [3.8, 4) is 0 Å². The zero-order chi connectivity index (χ0) is 8.20. The van der Waals surface area contributed by atoms with Crippen molar-refractivity contribution in [2.45, 2.75) is 5.37 Å². The zero-order valence-corrected chi connectivity index (χ0v) is 5.71. The molecule has 0 bridgehead atoms. The average molecular weight is 169 g/mol. The molecule has 60 valence electrons. The maximum absolute atomic E-state index is 10.1. The second-order valence-corrected chi connectivity index (χ2v) is 3.07. The summed E-state index contributed by atoms with van der Waals surface area (Å²) in [6.45, 7) is -0.850.